The van der Waals surface area contributed by atoms with Crippen molar-refractivity contribution in [1.29, 1.82) is 0 Å². The number of allylic oxidation sites excluding steroid dienone is 3. The molecule has 0 bridgehead atoms. The molecule has 0 aliphatic carbocycles. The molecular weight excluding hydrogens is 344 g/mol. The summed E-state index contributed by atoms with van der Waals surface area (Å²) in [7, 11) is 1.87. The summed E-state index contributed by atoms with van der Waals surface area (Å²) < 4.78 is 0. The molecule has 0 atom stereocenters. The first kappa shape index (κ1) is 21.5. The van der Waals surface area contributed by atoms with Gasteiger partial charge in [0.2, 0.25) is 0 Å². The van der Waals surface area contributed by atoms with Crippen LogP contribution in [0.25, 0.3) is 0 Å². The van der Waals surface area contributed by atoms with E-state index in [9.17, 15) is 9.59 Å². The Morgan fingerprint density at radius 2 is 1.88 bits per heavy atom. The van der Waals surface area contributed by atoms with Crippen molar-refractivity contribution in [2.24, 2.45) is 0 Å². The molecule has 2 aromatic rings. The van der Waals surface area contributed by atoms with Crippen LogP contribution < -0.4 is 4.90 Å². The number of carbonyl (C=O) groups excluding carboxylic acids is 2. The van der Waals surface area contributed by atoms with E-state index in [1.807, 2.05) is 63.2 Å². The molecule has 0 aliphatic heterocycles. The van der Waals surface area contributed by atoms with E-state index in [1.165, 1.54) is 16.9 Å². The van der Waals surface area contributed by atoms with Gasteiger partial charge in [0.1, 0.15) is 6.29 Å². The molecule has 1 aromatic carbocycles. The summed E-state index contributed by atoms with van der Waals surface area (Å²) >= 11 is 1.35. The van der Waals surface area contributed by atoms with Gasteiger partial charge in [-0.3, -0.25) is 9.59 Å². The highest BCUT2D eigenvalue weighted by Gasteiger charge is 2.08. The minimum atomic E-state index is 0.637. The first-order chi connectivity index (χ1) is 12.6. The van der Waals surface area contributed by atoms with Crippen molar-refractivity contribution in [3.8, 4) is 0 Å². The third-order valence-corrected chi connectivity index (χ3v) is 4.74. The number of carbonyl (C=O) groups is 2. The molecule has 0 saturated heterocycles. The van der Waals surface area contributed by atoms with E-state index >= 15 is 0 Å². The third kappa shape index (κ3) is 6.76. The number of hydrogen-bond donors (Lipinski definition) is 0. The summed E-state index contributed by atoms with van der Waals surface area (Å²) in [6.07, 6.45) is 8.65. The van der Waals surface area contributed by atoms with Crippen molar-refractivity contribution >= 4 is 29.0 Å². The Balaban J connectivity index is 0.00000163. The normalized spacial score (nSPS) is 11.0. The number of aromatic nitrogens is 1. The Labute approximate surface area is 159 Å². The van der Waals surface area contributed by atoms with Crippen molar-refractivity contribution in [1.82, 2.24) is 4.98 Å². The lowest BCUT2D eigenvalue weighted by Gasteiger charge is -2.10. The van der Waals surface area contributed by atoms with Gasteiger partial charge in [-0.15, -0.1) is 0 Å². The van der Waals surface area contributed by atoms with Gasteiger partial charge in [-0.2, -0.15) is 0 Å². The smallest absolute Gasteiger partial charge is 0.189 e. The average Bonchev–Trinajstić information content (AvgIpc) is 3.07. The van der Waals surface area contributed by atoms with Gasteiger partial charge in [-0.25, -0.2) is 4.98 Å². The summed E-state index contributed by atoms with van der Waals surface area (Å²) in [6, 6.07) is 10.2. The van der Waals surface area contributed by atoms with Gasteiger partial charge in [0.25, 0.3) is 0 Å². The number of benzene rings is 1. The Bertz CT molecular complexity index is 749. The number of anilines is 1. The van der Waals surface area contributed by atoms with Crippen molar-refractivity contribution in [2.45, 2.75) is 33.6 Å². The molecule has 2 rings (SSSR count). The first-order valence-corrected chi connectivity index (χ1v) is 9.47. The quantitative estimate of drug-likeness (QED) is 0.373. The molecule has 0 spiro atoms. The molecule has 4 nitrogen and oxygen atoms in total. The summed E-state index contributed by atoms with van der Waals surface area (Å²) in [6.45, 7) is 5.82. The first-order valence-electron chi connectivity index (χ1n) is 8.66. The van der Waals surface area contributed by atoms with E-state index in [2.05, 4.69) is 17.1 Å². The Morgan fingerprint density at radius 1 is 1.19 bits per heavy atom. The van der Waals surface area contributed by atoms with Gasteiger partial charge in [0.05, 0.1) is 10.6 Å². The lowest BCUT2D eigenvalue weighted by atomic mass is 10.0. The van der Waals surface area contributed by atoms with Crippen LogP contribution in [0.4, 0.5) is 5.13 Å². The molecule has 0 unspecified atom stereocenters. The van der Waals surface area contributed by atoms with Crippen molar-refractivity contribution in [3.05, 3.63) is 70.4 Å². The number of nitrogens with zero attached hydrogens (tertiary/aromatic N) is 2. The Kier molecular flexibility index (Phi) is 9.87. The van der Waals surface area contributed by atoms with Crippen LogP contribution >= 0.6 is 11.3 Å². The number of thiazole rings is 1. The van der Waals surface area contributed by atoms with Gasteiger partial charge < -0.3 is 4.90 Å². The van der Waals surface area contributed by atoms with Gasteiger partial charge in [0.15, 0.2) is 11.4 Å². The van der Waals surface area contributed by atoms with Crippen LogP contribution in [0.5, 0.6) is 0 Å². The minimum Gasteiger partial charge on any atom is -0.328 e. The van der Waals surface area contributed by atoms with Crippen LogP contribution in [0.3, 0.4) is 0 Å². The highest BCUT2D eigenvalue weighted by Crippen LogP contribution is 2.24. The number of rotatable bonds is 8. The van der Waals surface area contributed by atoms with E-state index in [4.69, 9.17) is 0 Å². The van der Waals surface area contributed by atoms with E-state index in [0.29, 0.717) is 4.88 Å². The van der Waals surface area contributed by atoms with E-state index in [0.717, 1.165) is 41.8 Å². The summed E-state index contributed by atoms with van der Waals surface area (Å²) in [5.74, 6) is 0. The maximum absolute atomic E-state index is 10.9. The molecule has 0 amide bonds. The average molecular weight is 371 g/mol. The van der Waals surface area contributed by atoms with Crippen LogP contribution in [-0.4, -0.2) is 24.6 Å². The largest absolute Gasteiger partial charge is 0.328 e. The fourth-order valence-corrected chi connectivity index (χ4v) is 2.99. The molecule has 26 heavy (non-hydrogen) atoms. The Morgan fingerprint density at radius 3 is 2.46 bits per heavy atom. The number of hydrogen-bond acceptors (Lipinski definition) is 5. The van der Waals surface area contributed by atoms with Crippen molar-refractivity contribution < 1.29 is 9.59 Å². The second-order valence-corrected chi connectivity index (χ2v) is 6.36. The molecule has 138 valence electrons. The van der Waals surface area contributed by atoms with Gasteiger partial charge in [-0.05, 0) is 43.1 Å². The lowest BCUT2D eigenvalue weighted by Crippen LogP contribution is -2.07. The molecule has 0 saturated carbocycles. The van der Waals surface area contributed by atoms with E-state index in [1.54, 1.807) is 6.08 Å². The third-order valence-electron chi connectivity index (χ3n) is 3.57. The molecule has 1 heterocycles. The maximum Gasteiger partial charge on any atom is 0.189 e. The highest BCUT2D eigenvalue weighted by molar-refractivity contribution is 7.17. The summed E-state index contributed by atoms with van der Waals surface area (Å²) in [4.78, 5) is 28.6. The molecule has 0 radical (unpaired) electrons. The minimum absolute atomic E-state index is 0.637. The molecule has 0 N–H and O–H groups in total. The van der Waals surface area contributed by atoms with Gasteiger partial charge >= 0.3 is 0 Å². The number of aryl methyl sites for hydroxylation is 2. The second-order valence-electron chi connectivity index (χ2n) is 5.35. The lowest BCUT2D eigenvalue weighted by molar-refractivity contribution is -0.104. The Hall–Kier alpha value is -2.53. The standard InChI is InChI=1S/C19H20N2O2S.C2H6/c1-15-18(14-23)24-19(20-15)21(2)12-10-17(11-13-22)9-8-16-6-4-3-5-7-16;1-2/h3-7,10-14H,8-9H2,1-2H3;1-2H3/b12-10-,17-11-;. The second kappa shape index (κ2) is 11.9. The van der Waals surface area contributed by atoms with E-state index < -0.39 is 0 Å². The van der Waals surface area contributed by atoms with Crippen molar-refractivity contribution in [2.75, 3.05) is 11.9 Å². The van der Waals surface area contributed by atoms with Crippen LogP contribution in [0.2, 0.25) is 0 Å². The predicted octanol–water partition coefficient (Wildman–Crippen LogP) is 5.00. The molecule has 5 heteroatoms. The summed E-state index contributed by atoms with van der Waals surface area (Å²) in [5, 5.41) is 0.749. The van der Waals surface area contributed by atoms with Crippen LogP contribution in [0.15, 0.2) is 54.3 Å². The van der Waals surface area contributed by atoms with Crippen molar-refractivity contribution in [3.63, 3.8) is 0 Å². The fourth-order valence-electron chi connectivity index (χ4n) is 2.17. The van der Waals surface area contributed by atoms with Gasteiger partial charge in [-0.1, -0.05) is 55.5 Å². The SMILES string of the molecule is CC.Cc1nc(N(C)/C=C\C(=C/C=O)CCc2ccccc2)sc1C=O. The maximum atomic E-state index is 10.9. The predicted molar refractivity (Wildman–Crippen MR) is 110 cm³/mol. The number of aldehydes is 2. The zero-order valence-electron chi connectivity index (χ0n) is 15.8. The zero-order chi connectivity index (χ0) is 19.4. The van der Waals surface area contributed by atoms with Gasteiger partial charge in [0, 0.05) is 13.2 Å². The van der Waals surface area contributed by atoms with Crippen LogP contribution in [0.1, 0.15) is 41.2 Å². The molecule has 1 aromatic heterocycles. The van der Waals surface area contributed by atoms with E-state index in [-0.39, 0.29) is 0 Å². The molecular formula is C21H26N2O2S. The highest BCUT2D eigenvalue weighted by atomic mass is 32.1. The monoisotopic (exact) mass is 370 g/mol. The van der Waals surface area contributed by atoms with Crippen LogP contribution in [-0.2, 0) is 11.2 Å². The fraction of sp³-hybridized carbons (Fsp3) is 0.286. The molecule has 0 aliphatic rings. The summed E-state index contributed by atoms with van der Waals surface area (Å²) in [5.41, 5.74) is 2.92. The molecule has 0 fully saturated rings. The topological polar surface area (TPSA) is 50.3 Å². The zero-order valence-corrected chi connectivity index (χ0v) is 16.6. The van der Waals surface area contributed by atoms with Crippen LogP contribution in [0, 0.1) is 6.92 Å².